The lowest BCUT2D eigenvalue weighted by Crippen LogP contribution is -2.25. The molecule has 0 saturated heterocycles. The highest BCUT2D eigenvalue weighted by Gasteiger charge is 2.11. The molecule has 102 valence electrons. The number of nitrogens with zero attached hydrogens (tertiary/aromatic N) is 1. The SMILES string of the molecule is CCc1ccc(OC)c(N(C)CC(C)CCN)c1. The van der Waals surface area contributed by atoms with Crippen molar-refractivity contribution < 1.29 is 4.74 Å². The van der Waals surface area contributed by atoms with E-state index >= 15 is 0 Å². The number of nitrogens with two attached hydrogens (primary N) is 1. The Morgan fingerprint density at radius 2 is 2.11 bits per heavy atom. The largest absolute Gasteiger partial charge is 0.495 e. The first-order valence-electron chi connectivity index (χ1n) is 6.70. The highest BCUT2D eigenvalue weighted by atomic mass is 16.5. The van der Waals surface area contributed by atoms with Gasteiger partial charge in [0.05, 0.1) is 12.8 Å². The van der Waals surface area contributed by atoms with Crippen LogP contribution in [0.5, 0.6) is 5.75 Å². The lowest BCUT2D eigenvalue weighted by atomic mass is 10.1. The van der Waals surface area contributed by atoms with Crippen molar-refractivity contribution in [3.63, 3.8) is 0 Å². The van der Waals surface area contributed by atoms with Crippen molar-refractivity contribution in [3.8, 4) is 5.75 Å². The van der Waals surface area contributed by atoms with Gasteiger partial charge < -0.3 is 15.4 Å². The third-order valence-electron chi connectivity index (χ3n) is 3.31. The van der Waals surface area contributed by atoms with E-state index in [1.165, 1.54) is 11.3 Å². The Bertz CT molecular complexity index is 366. The highest BCUT2D eigenvalue weighted by molar-refractivity contribution is 5.59. The van der Waals surface area contributed by atoms with Crippen molar-refractivity contribution >= 4 is 5.69 Å². The molecule has 0 fully saturated rings. The first kappa shape index (κ1) is 14.8. The highest BCUT2D eigenvalue weighted by Crippen LogP contribution is 2.29. The van der Waals surface area contributed by atoms with Gasteiger partial charge in [-0.25, -0.2) is 0 Å². The van der Waals surface area contributed by atoms with E-state index in [1.807, 2.05) is 0 Å². The van der Waals surface area contributed by atoms with Crippen LogP contribution in [0, 0.1) is 5.92 Å². The second kappa shape index (κ2) is 7.27. The fourth-order valence-electron chi connectivity index (χ4n) is 2.20. The average Bonchev–Trinajstić information content (AvgIpc) is 2.38. The summed E-state index contributed by atoms with van der Waals surface area (Å²) >= 11 is 0. The summed E-state index contributed by atoms with van der Waals surface area (Å²) in [6.07, 6.45) is 2.10. The van der Waals surface area contributed by atoms with Crippen LogP contribution < -0.4 is 15.4 Å². The second-order valence-electron chi connectivity index (χ2n) is 4.92. The minimum Gasteiger partial charge on any atom is -0.495 e. The van der Waals surface area contributed by atoms with Crippen LogP contribution in [0.15, 0.2) is 18.2 Å². The third kappa shape index (κ3) is 3.91. The van der Waals surface area contributed by atoms with Gasteiger partial charge in [-0.1, -0.05) is 19.9 Å². The Hall–Kier alpha value is -1.22. The molecule has 3 nitrogen and oxygen atoms in total. The molecule has 3 heteroatoms. The molecule has 1 unspecified atom stereocenters. The normalized spacial score (nSPS) is 12.3. The van der Waals surface area contributed by atoms with Crippen molar-refractivity contribution in [1.82, 2.24) is 0 Å². The van der Waals surface area contributed by atoms with Gasteiger partial charge in [0, 0.05) is 13.6 Å². The fraction of sp³-hybridized carbons (Fsp3) is 0.600. The summed E-state index contributed by atoms with van der Waals surface area (Å²) in [5, 5.41) is 0. The smallest absolute Gasteiger partial charge is 0.142 e. The quantitative estimate of drug-likeness (QED) is 0.808. The zero-order valence-corrected chi connectivity index (χ0v) is 12.1. The van der Waals surface area contributed by atoms with E-state index in [2.05, 4.69) is 44.0 Å². The Labute approximate surface area is 111 Å². The summed E-state index contributed by atoms with van der Waals surface area (Å²) < 4.78 is 5.44. The molecule has 1 rings (SSSR count). The zero-order valence-electron chi connectivity index (χ0n) is 12.1. The van der Waals surface area contributed by atoms with Crippen LogP contribution in [0.2, 0.25) is 0 Å². The number of ether oxygens (including phenoxy) is 1. The van der Waals surface area contributed by atoms with Gasteiger partial charge in [0.1, 0.15) is 5.75 Å². The molecule has 18 heavy (non-hydrogen) atoms. The number of methoxy groups -OCH3 is 1. The molecule has 0 aromatic heterocycles. The molecule has 0 saturated carbocycles. The number of anilines is 1. The maximum Gasteiger partial charge on any atom is 0.142 e. The first-order valence-corrected chi connectivity index (χ1v) is 6.70. The van der Waals surface area contributed by atoms with Crippen LogP contribution in [0.25, 0.3) is 0 Å². The summed E-state index contributed by atoms with van der Waals surface area (Å²) in [7, 11) is 3.84. The minimum absolute atomic E-state index is 0.593. The summed E-state index contributed by atoms with van der Waals surface area (Å²) in [5.74, 6) is 1.53. The monoisotopic (exact) mass is 250 g/mol. The van der Waals surface area contributed by atoms with E-state index in [1.54, 1.807) is 7.11 Å². The number of aryl methyl sites for hydroxylation is 1. The van der Waals surface area contributed by atoms with Crippen LogP contribution in [-0.2, 0) is 6.42 Å². The molecule has 0 aliphatic heterocycles. The van der Waals surface area contributed by atoms with Crippen LogP contribution >= 0.6 is 0 Å². The number of rotatable bonds is 7. The molecule has 0 aliphatic rings. The van der Waals surface area contributed by atoms with Crippen molar-refractivity contribution in [2.24, 2.45) is 11.7 Å². The Kier molecular flexibility index (Phi) is 5.99. The Morgan fingerprint density at radius 3 is 2.67 bits per heavy atom. The molecule has 0 bridgehead atoms. The Balaban J connectivity index is 2.85. The van der Waals surface area contributed by atoms with E-state index in [0.29, 0.717) is 5.92 Å². The molecule has 1 aromatic rings. The van der Waals surface area contributed by atoms with E-state index in [4.69, 9.17) is 10.5 Å². The third-order valence-corrected chi connectivity index (χ3v) is 3.31. The van der Waals surface area contributed by atoms with Gasteiger partial charge in [-0.15, -0.1) is 0 Å². The van der Waals surface area contributed by atoms with Crippen LogP contribution in [0.1, 0.15) is 25.8 Å². The first-order chi connectivity index (χ1) is 8.62. The van der Waals surface area contributed by atoms with Crippen molar-refractivity contribution in [1.29, 1.82) is 0 Å². The fourth-order valence-corrected chi connectivity index (χ4v) is 2.20. The average molecular weight is 250 g/mol. The van der Waals surface area contributed by atoms with Gasteiger partial charge >= 0.3 is 0 Å². The molecule has 2 N–H and O–H groups in total. The second-order valence-corrected chi connectivity index (χ2v) is 4.92. The molecule has 1 atom stereocenters. The van der Waals surface area contributed by atoms with Gasteiger partial charge in [0.15, 0.2) is 0 Å². The van der Waals surface area contributed by atoms with Crippen molar-refractivity contribution in [3.05, 3.63) is 23.8 Å². The molecular formula is C15H26N2O. The summed E-state index contributed by atoms with van der Waals surface area (Å²) in [6.45, 7) is 6.16. The predicted octanol–water partition coefficient (Wildman–Crippen LogP) is 2.68. The van der Waals surface area contributed by atoms with Gasteiger partial charge in [0.25, 0.3) is 0 Å². The summed E-state index contributed by atoms with van der Waals surface area (Å²) in [5.41, 5.74) is 8.11. The van der Waals surface area contributed by atoms with E-state index in [0.717, 1.165) is 31.7 Å². The molecule has 0 amide bonds. The predicted molar refractivity (Wildman–Crippen MR) is 78.5 cm³/mol. The maximum absolute atomic E-state index is 5.60. The molecule has 0 spiro atoms. The maximum atomic E-state index is 5.60. The van der Waals surface area contributed by atoms with E-state index < -0.39 is 0 Å². The van der Waals surface area contributed by atoms with Crippen molar-refractivity contribution in [2.75, 3.05) is 32.1 Å². The summed E-state index contributed by atoms with van der Waals surface area (Å²) in [4.78, 5) is 2.26. The molecular weight excluding hydrogens is 224 g/mol. The topological polar surface area (TPSA) is 38.5 Å². The van der Waals surface area contributed by atoms with Gasteiger partial charge in [0.2, 0.25) is 0 Å². The molecule has 0 aliphatic carbocycles. The van der Waals surface area contributed by atoms with Crippen LogP contribution in [-0.4, -0.2) is 27.2 Å². The number of hydrogen-bond donors (Lipinski definition) is 1. The minimum atomic E-state index is 0.593. The molecule has 0 heterocycles. The van der Waals surface area contributed by atoms with E-state index in [9.17, 15) is 0 Å². The molecule has 1 aromatic carbocycles. The van der Waals surface area contributed by atoms with E-state index in [-0.39, 0.29) is 0 Å². The Morgan fingerprint density at radius 1 is 1.39 bits per heavy atom. The lowest BCUT2D eigenvalue weighted by Gasteiger charge is -2.25. The summed E-state index contributed by atoms with van der Waals surface area (Å²) in [6, 6.07) is 6.39. The number of benzene rings is 1. The van der Waals surface area contributed by atoms with Gasteiger partial charge in [-0.2, -0.15) is 0 Å². The zero-order chi connectivity index (χ0) is 13.5. The van der Waals surface area contributed by atoms with Crippen LogP contribution in [0.3, 0.4) is 0 Å². The molecule has 0 radical (unpaired) electrons. The lowest BCUT2D eigenvalue weighted by molar-refractivity contribution is 0.413. The van der Waals surface area contributed by atoms with Gasteiger partial charge in [-0.3, -0.25) is 0 Å². The standard InChI is InChI=1S/C15H26N2O/c1-5-13-6-7-15(18-4)14(10-13)17(3)11-12(2)8-9-16/h6-7,10,12H,5,8-9,11,16H2,1-4H3. The number of hydrogen-bond acceptors (Lipinski definition) is 3. The van der Waals surface area contributed by atoms with Crippen molar-refractivity contribution in [2.45, 2.75) is 26.7 Å². The van der Waals surface area contributed by atoms with Gasteiger partial charge in [-0.05, 0) is 43.0 Å². The van der Waals surface area contributed by atoms with Crippen LogP contribution in [0.4, 0.5) is 5.69 Å².